The maximum atomic E-state index is 11.8. The topological polar surface area (TPSA) is 67.8 Å². The highest BCUT2D eigenvalue weighted by atomic mass is 16.5. The van der Waals surface area contributed by atoms with Crippen LogP contribution in [0.1, 0.15) is 25.7 Å². The van der Waals surface area contributed by atoms with Gasteiger partial charge in [0.1, 0.15) is 11.5 Å². The second kappa shape index (κ2) is 7.31. The molecular formula is C16H23NO4. The first kappa shape index (κ1) is 15.6. The molecule has 0 saturated heterocycles. The van der Waals surface area contributed by atoms with E-state index in [2.05, 4.69) is 5.32 Å². The predicted molar refractivity (Wildman–Crippen MR) is 79.5 cm³/mol. The van der Waals surface area contributed by atoms with Gasteiger partial charge in [0.25, 0.3) is 5.91 Å². The summed E-state index contributed by atoms with van der Waals surface area (Å²) in [5.74, 6) is 1.21. The van der Waals surface area contributed by atoms with Crippen molar-refractivity contribution >= 4 is 5.91 Å². The van der Waals surface area contributed by atoms with Gasteiger partial charge in [-0.1, -0.05) is 12.8 Å². The van der Waals surface area contributed by atoms with Gasteiger partial charge >= 0.3 is 0 Å². The molecule has 0 heterocycles. The van der Waals surface area contributed by atoms with E-state index >= 15 is 0 Å². The first-order chi connectivity index (χ1) is 10.2. The number of ether oxygens (including phenoxy) is 2. The van der Waals surface area contributed by atoms with Gasteiger partial charge in [-0.15, -0.1) is 0 Å². The number of hydrogen-bond donors (Lipinski definition) is 2. The van der Waals surface area contributed by atoms with Crippen molar-refractivity contribution in [3.05, 3.63) is 24.3 Å². The van der Waals surface area contributed by atoms with Crippen molar-refractivity contribution in [3.63, 3.8) is 0 Å². The molecule has 0 spiro atoms. The van der Waals surface area contributed by atoms with Crippen LogP contribution in [0.15, 0.2) is 24.3 Å². The van der Waals surface area contributed by atoms with E-state index in [0.29, 0.717) is 12.3 Å². The molecule has 0 aromatic heterocycles. The summed E-state index contributed by atoms with van der Waals surface area (Å²) in [4.78, 5) is 11.8. The van der Waals surface area contributed by atoms with Gasteiger partial charge in [0, 0.05) is 12.0 Å². The lowest BCUT2D eigenvalue weighted by atomic mass is 9.87. The van der Waals surface area contributed by atoms with E-state index in [0.717, 1.165) is 31.4 Å². The van der Waals surface area contributed by atoms with Crippen LogP contribution in [0.3, 0.4) is 0 Å². The van der Waals surface area contributed by atoms with E-state index in [-0.39, 0.29) is 24.5 Å². The highest BCUT2D eigenvalue weighted by Crippen LogP contribution is 2.36. The summed E-state index contributed by atoms with van der Waals surface area (Å²) in [6, 6.07) is 7.09. The highest BCUT2D eigenvalue weighted by molar-refractivity contribution is 5.77. The number of hydrogen-bond acceptors (Lipinski definition) is 4. The fraction of sp³-hybridized carbons (Fsp3) is 0.562. The first-order valence-electron chi connectivity index (χ1n) is 7.32. The van der Waals surface area contributed by atoms with Gasteiger partial charge in [-0.3, -0.25) is 4.79 Å². The van der Waals surface area contributed by atoms with Gasteiger partial charge in [-0.25, -0.2) is 0 Å². The molecule has 5 nitrogen and oxygen atoms in total. The summed E-state index contributed by atoms with van der Waals surface area (Å²) in [7, 11) is 1.60. The molecule has 1 aliphatic rings. The lowest BCUT2D eigenvalue weighted by Gasteiger charge is -2.26. The molecule has 0 radical (unpaired) electrons. The van der Waals surface area contributed by atoms with Crippen LogP contribution in [0.2, 0.25) is 0 Å². The van der Waals surface area contributed by atoms with Crippen LogP contribution in [0.25, 0.3) is 0 Å². The molecule has 1 aromatic carbocycles. The molecule has 2 rings (SSSR count). The molecule has 0 unspecified atom stereocenters. The molecule has 5 heteroatoms. The van der Waals surface area contributed by atoms with Gasteiger partial charge in [-0.05, 0) is 37.1 Å². The van der Waals surface area contributed by atoms with Crippen molar-refractivity contribution < 1.29 is 19.4 Å². The number of carbonyl (C=O) groups is 1. The lowest BCUT2D eigenvalue weighted by molar-refractivity contribution is -0.123. The molecule has 1 aliphatic carbocycles. The third-order valence-corrected chi connectivity index (χ3v) is 4.09. The summed E-state index contributed by atoms with van der Waals surface area (Å²) < 4.78 is 10.5. The van der Waals surface area contributed by atoms with Crippen molar-refractivity contribution in [2.75, 3.05) is 26.9 Å². The summed E-state index contributed by atoms with van der Waals surface area (Å²) >= 11 is 0. The standard InChI is InChI=1S/C16H23NO4/c1-20-13-4-6-14(7-5-13)21-10-15(19)17-11-16(12-18)8-2-3-9-16/h4-7,18H,2-3,8-12H2,1H3,(H,17,19). The van der Waals surface area contributed by atoms with Gasteiger partial charge < -0.3 is 19.9 Å². The molecule has 116 valence electrons. The Morgan fingerprint density at radius 2 is 1.86 bits per heavy atom. The molecule has 1 amide bonds. The molecule has 1 aromatic rings. The monoisotopic (exact) mass is 293 g/mol. The van der Waals surface area contributed by atoms with Crippen LogP contribution in [-0.4, -0.2) is 37.9 Å². The van der Waals surface area contributed by atoms with E-state index in [1.807, 2.05) is 0 Å². The van der Waals surface area contributed by atoms with Gasteiger partial charge in [-0.2, -0.15) is 0 Å². The Morgan fingerprint density at radius 1 is 1.24 bits per heavy atom. The molecule has 21 heavy (non-hydrogen) atoms. The maximum absolute atomic E-state index is 11.8. The number of rotatable bonds is 7. The fourth-order valence-electron chi connectivity index (χ4n) is 2.67. The van der Waals surface area contributed by atoms with Crippen LogP contribution in [0.5, 0.6) is 11.5 Å². The number of carbonyl (C=O) groups excluding carboxylic acids is 1. The van der Waals surface area contributed by atoms with Crippen molar-refractivity contribution in [2.24, 2.45) is 5.41 Å². The number of methoxy groups -OCH3 is 1. The second-order valence-corrected chi connectivity index (χ2v) is 5.61. The Morgan fingerprint density at radius 3 is 2.43 bits per heavy atom. The third-order valence-electron chi connectivity index (χ3n) is 4.09. The number of nitrogens with one attached hydrogen (secondary N) is 1. The van der Waals surface area contributed by atoms with Crippen LogP contribution < -0.4 is 14.8 Å². The van der Waals surface area contributed by atoms with Crippen molar-refractivity contribution in [1.82, 2.24) is 5.32 Å². The molecule has 0 bridgehead atoms. The Balaban J connectivity index is 1.74. The van der Waals surface area contributed by atoms with E-state index in [1.54, 1.807) is 31.4 Å². The minimum atomic E-state index is -0.162. The Labute approximate surface area is 125 Å². The quantitative estimate of drug-likeness (QED) is 0.803. The molecule has 1 fully saturated rings. The normalized spacial score (nSPS) is 16.5. The smallest absolute Gasteiger partial charge is 0.257 e. The lowest BCUT2D eigenvalue weighted by Crippen LogP contribution is -2.40. The minimum absolute atomic E-state index is 0.0200. The molecule has 0 atom stereocenters. The first-order valence-corrected chi connectivity index (χ1v) is 7.32. The Bertz CT molecular complexity index is 452. The van der Waals surface area contributed by atoms with Gasteiger partial charge in [0.05, 0.1) is 13.7 Å². The number of amides is 1. The third kappa shape index (κ3) is 4.36. The largest absolute Gasteiger partial charge is 0.497 e. The zero-order chi connectivity index (χ0) is 15.1. The van der Waals surface area contributed by atoms with E-state index < -0.39 is 0 Å². The zero-order valence-electron chi connectivity index (χ0n) is 12.4. The maximum Gasteiger partial charge on any atom is 0.257 e. The van der Waals surface area contributed by atoms with E-state index in [1.165, 1.54) is 0 Å². The second-order valence-electron chi connectivity index (χ2n) is 5.61. The summed E-state index contributed by atoms with van der Waals surface area (Å²) in [5.41, 5.74) is -0.129. The molecule has 0 aliphatic heterocycles. The molecule has 1 saturated carbocycles. The summed E-state index contributed by atoms with van der Waals surface area (Å²) in [6.07, 6.45) is 4.20. The van der Waals surface area contributed by atoms with Crippen molar-refractivity contribution in [1.29, 1.82) is 0 Å². The fourth-order valence-corrected chi connectivity index (χ4v) is 2.67. The summed E-state index contributed by atoms with van der Waals surface area (Å²) in [5, 5.41) is 12.4. The Kier molecular flexibility index (Phi) is 5.44. The minimum Gasteiger partial charge on any atom is -0.497 e. The van der Waals surface area contributed by atoms with E-state index in [4.69, 9.17) is 9.47 Å². The SMILES string of the molecule is COc1ccc(OCC(=O)NCC2(CO)CCCC2)cc1. The highest BCUT2D eigenvalue weighted by Gasteiger charge is 2.33. The van der Waals surface area contributed by atoms with E-state index in [9.17, 15) is 9.90 Å². The van der Waals surface area contributed by atoms with Crippen molar-refractivity contribution in [3.8, 4) is 11.5 Å². The van der Waals surface area contributed by atoms with Crippen molar-refractivity contribution in [2.45, 2.75) is 25.7 Å². The van der Waals surface area contributed by atoms with Crippen LogP contribution in [0, 0.1) is 5.41 Å². The average Bonchev–Trinajstić information content (AvgIpc) is 3.01. The van der Waals surface area contributed by atoms with Crippen LogP contribution in [0.4, 0.5) is 0 Å². The Hall–Kier alpha value is -1.75. The molecular weight excluding hydrogens is 270 g/mol. The summed E-state index contributed by atoms with van der Waals surface area (Å²) in [6.45, 7) is 0.634. The number of benzene rings is 1. The number of aliphatic hydroxyl groups excluding tert-OH is 1. The van der Waals surface area contributed by atoms with Gasteiger partial charge in [0.2, 0.25) is 0 Å². The average molecular weight is 293 g/mol. The number of aliphatic hydroxyl groups is 1. The van der Waals surface area contributed by atoms with Crippen LogP contribution >= 0.6 is 0 Å². The zero-order valence-corrected chi connectivity index (χ0v) is 12.4. The predicted octanol–water partition coefficient (Wildman–Crippen LogP) is 1.74. The van der Waals surface area contributed by atoms with Gasteiger partial charge in [0.15, 0.2) is 6.61 Å². The van der Waals surface area contributed by atoms with Crippen LogP contribution in [-0.2, 0) is 4.79 Å². The molecule has 2 N–H and O–H groups in total.